The van der Waals surface area contributed by atoms with Gasteiger partial charge in [0.1, 0.15) is 17.3 Å². The van der Waals surface area contributed by atoms with Gasteiger partial charge in [0.05, 0.1) is 0 Å². The van der Waals surface area contributed by atoms with Gasteiger partial charge in [-0.15, -0.1) is 0 Å². The van der Waals surface area contributed by atoms with Crippen LogP contribution >= 0.6 is 0 Å². The number of rotatable bonds is 4. The number of halogens is 2. The van der Waals surface area contributed by atoms with E-state index in [4.69, 9.17) is 5.11 Å². The van der Waals surface area contributed by atoms with Gasteiger partial charge >= 0.3 is 5.97 Å². The molecule has 1 saturated heterocycles. The second-order valence-electron chi connectivity index (χ2n) is 5.01. The van der Waals surface area contributed by atoms with Crippen LogP contribution in [0.5, 0.6) is 0 Å². The van der Waals surface area contributed by atoms with E-state index < -0.39 is 17.6 Å². The molecule has 2 rings (SSSR count). The Morgan fingerprint density at radius 2 is 2.10 bits per heavy atom. The molecule has 1 aromatic rings. The minimum atomic E-state index is -1.15. The molecular formula is C15H17F2NO2. The van der Waals surface area contributed by atoms with Crippen molar-refractivity contribution < 1.29 is 18.7 Å². The number of benzene rings is 1. The second kappa shape index (κ2) is 6.03. The van der Waals surface area contributed by atoms with Gasteiger partial charge in [0, 0.05) is 19.2 Å². The van der Waals surface area contributed by atoms with Gasteiger partial charge in [-0.2, -0.15) is 0 Å². The lowest BCUT2D eigenvalue weighted by molar-refractivity contribution is -0.131. The smallest absolute Gasteiger partial charge is 0.328 e. The van der Waals surface area contributed by atoms with Crippen LogP contribution in [0.3, 0.4) is 0 Å². The molecule has 5 heteroatoms. The van der Waals surface area contributed by atoms with Crippen LogP contribution < -0.4 is 4.90 Å². The summed E-state index contributed by atoms with van der Waals surface area (Å²) >= 11 is 0. The average Bonchev–Trinajstić information content (AvgIpc) is 2.84. The first kappa shape index (κ1) is 14.5. The number of carbonyl (C=O) groups is 1. The maximum atomic E-state index is 14.1. The van der Waals surface area contributed by atoms with Crippen LogP contribution in [0.25, 0.3) is 6.08 Å². The van der Waals surface area contributed by atoms with Crippen molar-refractivity contribution in [1.82, 2.24) is 0 Å². The Morgan fingerprint density at radius 3 is 2.60 bits per heavy atom. The fourth-order valence-corrected chi connectivity index (χ4v) is 2.52. The minimum absolute atomic E-state index is 0.00609. The maximum absolute atomic E-state index is 14.1. The third-order valence-corrected chi connectivity index (χ3v) is 3.64. The summed E-state index contributed by atoms with van der Waals surface area (Å²) in [6.45, 7) is 3.38. The zero-order chi connectivity index (χ0) is 14.7. The zero-order valence-electron chi connectivity index (χ0n) is 11.3. The Bertz CT molecular complexity index is 520. The van der Waals surface area contributed by atoms with Crippen molar-refractivity contribution in [3.8, 4) is 0 Å². The highest BCUT2D eigenvalue weighted by atomic mass is 19.1. The van der Waals surface area contributed by atoms with Crippen LogP contribution in [0.1, 0.15) is 25.3 Å². The second-order valence-corrected chi connectivity index (χ2v) is 5.01. The molecule has 0 radical (unpaired) electrons. The third-order valence-electron chi connectivity index (χ3n) is 3.64. The van der Waals surface area contributed by atoms with Crippen LogP contribution in [-0.4, -0.2) is 24.2 Å². The standard InChI is InChI=1S/C15H17F2NO2/c1-2-10-5-6-18(9-10)15-12(16)7-11(8-13(15)17)3-4-14(19)20/h3-4,7-8,10H,2,5-6,9H2,1H3,(H,19,20)/b4-3+. The lowest BCUT2D eigenvalue weighted by Crippen LogP contribution is -2.22. The summed E-state index contributed by atoms with van der Waals surface area (Å²) in [7, 11) is 0. The lowest BCUT2D eigenvalue weighted by Gasteiger charge is -2.20. The number of aliphatic carboxylic acids is 1. The number of carboxylic acids is 1. The Morgan fingerprint density at radius 1 is 1.45 bits per heavy atom. The van der Waals surface area contributed by atoms with E-state index >= 15 is 0 Å². The van der Waals surface area contributed by atoms with Crippen LogP contribution in [0.2, 0.25) is 0 Å². The molecule has 1 aromatic carbocycles. The summed E-state index contributed by atoms with van der Waals surface area (Å²) in [5.41, 5.74) is 0.200. The fourth-order valence-electron chi connectivity index (χ4n) is 2.52. The molecule has 1 aliphatic rings. The molecule has 108 valence electrons. The van der Waals surface area contributed by atoms with E-state index in [1.54, 1.807) is 4.90 Å². The van der Waals surface area contributed by atoms with Crippen LogP contribution in [-0.2, 0) is 4.79 Å². The van der Waals surface area contributed by atoms with E-state index in [9.17, 15) is 13.6 Å². The van der Waals surface area contributed by atoms with Crippen molar-refractivity contribution in [3.05, 3.63) is 35.4 Å². The van der Waals surface area contributed by atoms with Crippen LogP contribution in [0.15, 0.2) is 18.2 Å². The quantitative estimate of drug-likeness (QED) is 0.861. The summed E-state index contributed by atoms with van der Waals surface area (Å²) < 4.78 is 28.1. The van der Waals surface area contributed by atoms with Crippen molar-refractivity contribution in [2.45, 2.75) is 19.8 Å². The maximum Gasteiger partial charge on any atom is 0.328 e. The first-order valence-corrected chi connectivity index (χ1v) is 6.66. The van der Waals surface area contributed by atoms with E-state index in [0.717, 1.165) is 31.1 Å². The molecular weight excluding hydrogens is 264 g/mol. The molecule has 0 aromatic heterocycles. The van der Waals surface area contributed by atoms with Gasteiger partial charge in [-0.1, -0.05) is 13.3 Å². The predicted molar refractivity (Wildman–Crippen MR) is 73.6 cm³/mol. The van der Waals surface area contributed by atoms with E-state index in [1.807, 2.05) is 0 Å². The van der Waals surface area contributed by atoms with Gasteiger partial charge in [0.15, 0.2) is 0 Å². The molecule has 1 fully saturated rings. The summed E-state index contributed by atoms with van der Waals surface area (Å²) in [5.74, 6) is -1.97. The molecule has 0 aliphatic carbocycles. The molecule has 1 unspecified atom stereocenters. The molecule has 20 heavy (non-hydrogen) atoms. The largest absolute Gasteiger partial charge is 0.478 e. The van der Waals surface area contributed by atoms with Gasteiger partial charge in [-0.3, -0.25) is 0 Å². The minimum Gasteiger partial charge on any atom is -0.478 e. The highest BCUT2D eigenvalue weighted by Crippen LogP contribution is 2.31. The molecule has 0 amide bonds. The van der Waals surface area contributed by atoms with Gasteiger partial charge in [0.2, 0.25) is 0 Å². The molecule has 1 heterocycles. The average molecular weight is 281 g/mol. The topological polar surface area (TPSA) is 40.5 Å². The Labute approximate surface area is 116 Å². The van der Waals surface area contributed by atoms with Crippen molar-refractivity contribution in [3.63, 3.8) is 0 Å². The highest BCUT2D eigenvalue weighted by Gasteiger charge is 2.25. The molecule has 3 nitrogen and oxygen atoms in total. The number of nitrogens with zero attached hydrogens (tertiary/aromatic N) is 1. The third kappa shape index (κ3) is 3.15. The predicted octanol–water partition coefficient (Wildman–Crippen LogP) is 3.30. The SMILES string of the molecule is CCC1CCN(c2c(F)cc(/C=C/C(=O)O)cc2F)C1. The van der Waals surface area contributed by atoms with Crippen molar-refractivity contribution >= 4 is 17.7 Å². The van der Waals surface area contributed by atoms with E-state index in [0.29, 0.717) is 19.0 Å². The monoisotopic (exact) mass is 281 g/mol. The van der Waals surface area contributed by atoms with Crippen molar-refractivity contribution in [2.75, 3.05) is 18.0 Å². The highest BCUT2D eigenvalue weighted by molar-refractivity contribution is 5.85. The Balaban J connectivity index is 2.25. The van der Waals surface area contributed by atoms with E-state index in [2.05, 4.69) is 6.92 Å². The van der Waals surface area contributed by atoms with E-state index in [-0.39, 0.29) is 11.3 Å². The number of hydrogen-bond acceptors (Lipinski definition) is 2. The number of anilines is 1. The van der Waals surface area contributed by atoms with Crippen LogP contribution in [0, 0.1) is 17.6 Å². The molecule has 1 atom stereocenters. The molecule has 0 bridgehead atoms. The van der Waals surface area contributed by atoms with Crippen molar-refractivity contribution in [2.24, 2.45) is 5.92 Å². The first-order chi connectivity index (χ1) is 9.51. The number of carboxylic acid groups (broad SMARTS) is 1. The summed E-state index contributed by atoms with van der Waals surface area (Å²) in [4.78, 5) is 12.1. The summed E-state index contributed by atoms with van der Waals surface area (Å²) in [5, 5.41) is 8.51. The Hall–Kier alpha value is -1.91. The van der Waals surface area contributed by atoms with Gasteiger partial charge in [-0.25, -0.2) is 13.6 Å². The fraction of sp³-hybridized carbons (Fsp3) is 0.400. The summed E-state index contributed by atoms with van der Waals surface area (Å²) in [6.07, 6.45) is 3.98. The zero-order valence-corrected chi connectivity index (χ0v) is 11.3. The van der Waals surface area contributed by atoms with Crippen molar-refractivity contribution in [1.29, 1.82) is 0 Å². The Kier molecular flexibility index (Phi) is 4.37. The van der Waals surface area contributed by atoms with Gasteiger partial charge < -0.3 is 10.0 Å². The first-order valence-electron chi connectivity index (χ1n) is 6.66. The normalized spacial score (nSPS) is 18.9. The van der Waals surface area contributed by atoms with E-state index in [1.165, 1.54) is 6.08 Å². The number of hydrogen-bond donors (Lipinski definition) is 1. The summed E-state index contributed by atoms with van der Waals surface area (Å²) in [6, 6.07) is 2.33. The molecule has 0 saturated carbocycles. The van der Waals surface area contributed by atoms with Gasteiger partial charge in [-0.05, 0) is 36.1 Å². The molecule has 0 spiro atoms. The lowest BCUT2D eigenvalue weighted by atomic mass is 10.1. The molecule has 1 aliphatic heterocycles. The van der Waals surface area contributed by atoms with Crippen LogP contribution in [0.4, 0.5) is 14.5 Å². The van der Waals surface area contributed by atoms with Gasteiger partial charge in [0.25, 0.3) is 0 Å². The molecule has 1 N–H and O–H groups in total.